The smallest absolute Gasteiger partial charge is 0.242 e. The predicted octanol–water partition coefficient (Wildman–Crippen LogP) is 3.33. The zero-order chi connectivity index (χ0) is 21.4. The van der Waals surface area contributed by atoms with Gasteiger partial charge in [0.25, 0.3) is 0 Å². The summed E-state index contributed by atoms with van der Waals surface area (Å²) in [6, 6.07) is 12.1. The van der Waals surface area contributed by atoms with Crippen LogP contribution in [-0.4, -0.2) is 31.3 Å². The van der Waals surface area contributed by atoms with Gasteiger partial charge in [0.2, 0.25) is 21.7 Å². The van der Waals surface area contributed by atoms with Crippen LogP contribution in [-0.2, 0) is 23.0 Å². The quantitative estimate of drug-likeness (QED) is 0.641. The Hall–Kier alpha value is -2.91. The fraction of sp³-hybridized carbons (Fsp3) is 0.333. The van der Waals surface area contributed by atoms with Gasteiger partial charge in [-0.15, -0.1) is 0 Å². The molecule has 1 aromatic heterocycles. The van der Waals surface area contributed by atoms with E-state index in [9.17, 15) is 8.42 Å². The lowest BCUT2D eigenvalue weighted by Crippen LogP contribution is -2.32. The van der Waals surface area contributed by atoms with Crippen LogP contribution in [0.2, 0.25) is 0 Å². The second-order valence-corrected chi connectivity index (χ2v) is 9.47. The molecule has 158 valence electrons. The number of rotatable bonds is 6. The number of ether oxygens (including phenoxy) is 2. The minimum absolute atomic E-state index is 0.111. The summed E-state index contributed by atoms with van der Waals surface area (Å²) in [5.74, 6) is 1.92. The Bertz CT molecular complexity index is 1170. The number of fused-ring (bicyclic) bond motifs is 1. The molecule has 0 fully saturated rings. The van der Waals surface area contributed by atoms with Crippen LogP contribution in [0.15, 0.2) is 51.9 Å². The van der Waals surface area contributed by atoms with Gasteiger partial charge in [-0.3, -0.25) is 0 Å². The molecule has 2 aromatic carbocycles. The van der Waals surface area contributed by atoms with Crippen LogP contribution < -0.4 is 14.2 Å². The van der Waals surface area contributed by atoms with Crippen LogP contribution in [0.5, 0.6) is 11.5 Å². The average Bonchev–Trinajstić information content (AvgIpc) is 3.20. The number of methoxy groups -OCH3 is 1. The lowest BCUT2D eigenvalue weighted by Gasteiger charge is -2.32. The van der Waals surface area contributed by atoms with Gasteiger partial charge in [0, 0.05) is 5.56 Å². The monoisotopic (exact) mass is 429 g/mol. The highest BCUT2D eigenvalue weighted by molar-refractivity contribution is 7.89. The van der Waals surface area contributed by atoms with E-state index in [2.05, 4.69) is 14.9 Å². The summed E-state index contributed by atoms with van der Waals surface area (Å²) in [4.78, 5) is 4.44. The van der Waals surface area contributed by atoms with E-state index in [0.29, 0.717) is 17.1 Å². The summed E-state index contributed by atoms with van der Waals surface area (Å²) in [6.45, 7) is 3.93. The summed E-state index contributed by atoms with van der Waals surface area (Å²) < 4.78 is 44.3. The van der Waals surface area contributed by atoms with E-state index in [1.54, 1.807) is 25.3 Å². The molecule has 0 saturated heterocycles. The lowest BCUT2D eigenvalue weighted by atomic mass is 9.94. The van der Waals surface area contributed by atoms with Gasteiger partial charge in [-0.1, -0.05) is 17.3 Å². The van der Waals surface area contributed by atoms with E-state index in [1.165, 1.54) is 6.07 Å². The van der Waals surface area contributed by atoms with Crippen molar-refractivity contribution < 1.29 is 22.4 Å². The van der Waals surface area contributed by atoms with Gasteiger partial charge in [-0.25, -0.2) is 13.1 Å². The van der Waals surface area contributed by atoms with Crippen LogP contribution in [0.1, 0.15) is 31.7 Å². The molecular formula is C21H23N3O5S. The summed E-state index contributed by atoms with van der Waals surface area (Å²) in [5.41, 5.74) is 1.35. The molecule has 4 rings (SSSR count). The Morgan fingerprint density at radius 1 is 1.20 bits per heavy atom. The molecule has 2 heterocycles. The van der Waals surface area contributed by atoms with Crippen LogP contribution in [0.3, 0.4) is 0 Å². The number of hydrogen-bond acceptors (Lipinski definition) is 7. The molecule has 0 radical (unpaired) electrons. The summed E-state index contributed by atoms with van der Waals surface area (Å²) in [5, 5.41) is 3.91. The maximum Gasteiger partial charge on any atom is 0.242 e. The van der Waals surface area contributed by atoms with Gasteiger partial charge >= 0.3 is 0 Å². The molecule has 9 heteroatoms. The number of aromatic nitrogens is 2. The first-order valence-electron chi connectivity index (χ1n) is 9.54. The van der Waals surface area contributed by atoms with E-state index in [-0.39, 0.29) is 22.9 Å². The highest BCUT2D eigenvalue weighted by Gasteiger charge is 2.28. The van der Waals surface area contributed by atoms with E-state index in [0.717, 1.165) is 24.2 Å². The van der Waals surface area contributed by atoms with Crippen molar-refractivity contribution in [2.45, 2.75) is 43.7 Å². The van der Waals surface area contributed by atoms with Gasteiger partial charge in [-0.2, -0.15) is 4.98 Å². The van der Waals surface area contributed by atoms with Crippen LogP contribution >= 0.6 is 0 Å². The SMILES string of the molecule is COc1cccc(-c2noc(CNS(=O)(=O)c3ccc4c(c3)CCC(C)(C)O4)n2)c1. The van der Waals surface area contributed by atoms with Crippen molar-refractivity contribution in [1.82, 2.24) is 14.9 Å². The Labute approximate surface area is 175 Å². The van der Waals surface area contributed by atoms with E-state index in [4.69, 9.17) is 14.0 Å². The van der Waals surface area contributed by atoms with Crippen molar-refractivity contribution in [3.05, 3.63) is 53.9 Å². The molecule has 0 amide bonds. The Kier molecular flexibility index (Phi) is 5.25. The third-order valence-electron chi connectivity index (χ3n) is 4.93. The molecule has 0 saturated carbocycles. The molecule has 0 bridgehead atoms. The maximum atomic E-state index is 12.7. The Morgan fingerprint density at radius 3 is 2.83 bits per heavy atom. The van der Waals surface area contributed by atoms with E-state index < -0.39 is 10.0 Å². The normalized spacial score (nSPS) is 15.3. The van der Waals surface area contributed by atoms with Gasteiger partial charge in [0.1, 0.15) is 17.1 Å². The predicted molar refractivity (Wildman–Crippen MR) is 110 cm³/mol. The molecule has 30 heavy (non-hydrogen) atoms. The molecule has 1 N–H and O–H groups in total. The third-order valence-corrected chi connectivity index (χ3v) is 6.33. The Balaban J connectivity index is 1.47. The van der Waals surface area contributed by atoms with Crippen molar-refractivity contribution in [3.63, 3.8) is 0 Å². The number of benzene rings is 2. The fourth-order valence-electron chi connectivity index (χ4n) is 3.25. The van der Waals surface area contributed by atoms with Crippen molar-refractivity contribution in [1.29, 1.82) is 0 Å². The second-order valence-electron chi connectivity index (χ2n) is 7.70. The molecule has 0 spiro atoms. The minimum atomic E-state index is -3.74. The second kappa shape index (κ2) is 7.73. The molecule has 8 nitrogen and oxygen atoms in total. The number of sulfonamides is 1. The molecule has 3 aromatic rings. The van der Waals surface area contributed by atoms with E-state index >= 15 is 0 Å². The first kappa shape index (κ1) is 20.4. The summed E-state index contributed by atoms with van der Waals surface area (Å²) >= 11 is 0. The van der Waals surface area contributed by atoms with Crippen molar-refractivity contribution in [3.8, 4) is 22.9 Å². The maximum absolute atomic E-state index is 12.7. The lowest BCUT2D eigenvalue weighted by molar-refractivity contribution is 0.0845. The topological polar surface area (TPSA) is 104 Å². The van der Waals surface area contributed by atoms with Crippen LogP contribution in [0, 0.1) is 0 Å². The minimum Gasteiger partial charge on any atom is -0.497 e. The average molecular weight is 429 g/mol. The van der Waals surface area contributed by atoms with Crippen LogP contribution in [0.4, 0.5) is 0 Å². The van der Waals surface area contributed by atoms with Gasteiger partial charge in [-0.05, 0) is 62.6 Å². The molecule has 1 aliphatic heterocycles. The molecule has 0 aliphatic carbocycles. The first-order valence-corrected chi connectivity index (χ1v) is 11.0. The Morgan fingerprint density at radius 2 is 2.03 bits per heavy atom. The largest absolute Gasteiger partial charge is 0.497 e. The van der Waals surface area contributed by atoms with Gasteiger partial charge in [0.15, 0.2) is 0 Å². The van der Waals surface area contributed by atoms with Crippen LogP contribution in [0.25, 0.3) is 11.4 Å². The van der Waals surface area contributed by atoms with Gasteiger partial charge < -0.3 is 14.0 Å². The van der Waals surface area contributed by atoms with Gasteiger partial charge in [0.05, 0.1) is 18.6 Å². The zero-order valence-electron chi connectivity index (χ0n) is 17.0. The highest BCUT2D eigenvalue weighted by atomic mass is 32.2. The number of nitrogens with one attached hydrogen (secondary N) is 1. The molecule has 0 atom stereocenters. The molecule has 0 unspecified atom stereocenters. The number of aryl methyl sites for hydroxylation is 1. The molecule has 1 aliphatic rings. The van der Waals surface area contributed by atoms with Crippen molar-refractivity contribution >= 4 is 10.0 Å². The standard InChI is InChI=1S/C21H23N3O5S/c1-21(2)10-9-14-12-17(7-8-18(14)28-21)30(25,26)22-13-19-23-20(24-29-19)15-5-4-6-16(11-15)27-3/h4-8,11-12,22H,9-10,13H2,1-3H3. The van der Waals surface area contributed by atoms with Crippen molar-refractivity contribution in [2.24, 2.45) is 0 Å². The zero-order valence-corrected chi connectivity index (χ0v) is 17.8. The summed E-state index contributed by atoms with van der Waals surface area (Å²) in [7, 11) is -2.17. The molecular weight excluding hydrogens is 406 g/mol. The van der Waals surface area contributed by atoms with Crippen molar-refractivity contribution in [2.75, 3.05) is 7.11 Å². The summed E-state index contributed by atoms with van der Waals surface area (Å²) in [6.07, 6.45) is 1.59. The van der Waals surface area contributed by atoms with E-state index in [1.807, 2.05) is 32.0 Å². The fourth-order valence-corrected chi connectivity index (χ4v) is 4.27. The highest BCUT2D eigenvalue weighted by Crippen LogP contribution is 2.34. The first-order chi connectivity index (χ1) is 14.3. The third kappa shape index (κ3) is 4.31. The number of hydrogen-bond donors (Lipinski definition) is 1. The number of nitrogens with zero attached hydrogens (tertiary/aromatic N) is 2.